The number of thiophene rings is 2. The van der Waals surface area contributed by atoms with Gasteiger partial charge in [0.2, 0.25) is 0 Å². The maximum absolute atomic E-state index is 13.7. The normalized spacial score (nSPS) is 12.1. The van der Waals surface area contributed by atoms with Crippen LogP contribution in [0.5, 0.6) is 0 Å². The average Bonchev–Trinajstić information content (AvgIpc) is 1.48. The predicted molar refractivity (Wildman–Crippen MR) is 448 cm³/mol. The molecule has 0 aliphatic heterocycles. The number of hydrogen-bond acceptors (Lipinski definition) is 4. The molecule has 0 unspecified atom stereocenters. The molecular weight excluding hydrogens is 1330 g/mol. The van der Waals surface area contributed by atoms with Crippen molar-refractivity contribution in [3.8, 4) is 68.3 Å². The molecule has 0 aliphatic rings. The highest BCUT2D eigenvalue weighted by Gasteiger charge is 2.36. The first kappa shape index (κ1) is 58.7. The van der Waals surface area contributed by atoms with Crippen LogP contribution in [0, 0.1) is 22.7 Å². The fourth-order valence-electron chi connectivity index (χ4n) is 18.2. The smallest absolute Gasteiger partial charge is 0.104 e. The molecule has 488 valence electrons. The van der Waals surface area contributed by atoms with E-state index in [9.17, 15) is 10.5 Å². The second-order valence-electron chi connectivity index (χ2n) is 27.9. The van der Waals surface area contributed by atoms with Gasteiger partial charge in [0, 0.05) is 74.0 Å². The number of benzene rings is 17. The quantitative estimate of drug-likeness (QED) is 0.149. The summed E-state index contributed by atoms with van der Waals surface area (Å²) in [7, 11) is 0. The van der Waals surface area contributed by atoms with E-state index in [0.717, 1.165) is 166 Å². The summed E-state index contributed by atoms with van der Waals surface area (Å²) in [5.41, 5.74) is 16.9. The fourth-order valence-corrected chi connectivity index (χ4v) is 20.7. The summed E-state index contributed by atoms with van der Waals surface area (Å²) in [5.74, 6) is 0. The lowest BCUT2D eigenvalue weighted by molar-refractivity contribution is 1.03. The summed E-state index contributed by atoms with van der Waals surface area (Å²) in [5, 5.41) is 47.2. The molecule has 0 saturated heterocycles. The van der Waals surface area contributed by atoms with E-state index in [2.05, 4.69) is 358 Å². The van der Waals surface area contributed by atoms with Crippen LogP contribution in [0.1, 0.15) is 11.1 Å². The first-order valence-corrected chi connectivity index (χ1v) is 37.5. The molecule has 6 heterocycles. The zero-order valence-electron chi connectivity index (χ0n) is 56.7. The second kappa shape index (κ2) is 22.3. The van der Waals surface area contributed by atoms with Crippen LogP contribution in [-0.4, -0.2) is 18.3 Å². The molecule has 0 aliphatic carbocycles. The maximum atomic E-state index is 13.7. The van der Waals surface area contributed by atoms with Crippen LogP contribution in [0.3, 0.4) is 0 Å². The monoisotopic (exact) mass is 1380 g/mol. The van der Waals surface area contributed by atoms with E-state index in [1.54, 1.807) is 22.7 Å². The topological polar surface area (TPSA) is 67.3 Å². The van der Waals surface area contributed by atoms with Gasteiger partial charge in [-0.05, 0) is 114 Å². The third kappa shape index (κ3) is 8.06. The highest BCUT2D eigenvalue weighted by molar-refractivity contribution is 7.27. The van der Waals surface area contributed by atoms with Gasteiger partial charge < -0.3 is 18.3 Å². The van der Waals surface area contributed by atoms with Crippen molar-refractivity contribution < 1.29 is 0 Å². The molecule has 23 rings (SSSR count). The van der Waals surface area contributed by atoms with Crippen LogP contribution in [0.25, 0.3) is 216 Å². The first-order valence-electron chi connectivity index (χ1n) is 35.8. The lowest BCUT2D eigenvalue weighted by Gasteiger charge is -2.27. The zero-order valence-corrected chi connectivity index (χ0v) is 58.3. The third-order valence-corrected chi connectivity index (χ3v) is 25.0. The molecule has 0 saturated carbocycles. The van der Waals surface area contributed by atoms with Gasteiger partial charge in [-0.2, -0.15) is 10.5 Å². The van der Waals surface area contributed by atoms with Crippen molar-refractivity contribution in [3.05, 3.63) is 339 Å². The third-order valence-electron chi connectivity index (χ3n) is 22.6. The lowest BCUT2D eigenvalue weighted by Crippen LogP contribution is -2.16. The van der Waals surface area contributed by atoms with Gasteiger partial charge in [-0.25, -0.2) is 0 Å². The van der Waals surface area contributed by atoms with Crippen LogP contribution in [-0.2, 0) is 0 Å². The molecule has 0 N–H and O–H groups in total. The van der Waals surface area contributed by atoms with E-state index >= 15 is 0 Å². The Morgan fingerprint density at radius 3 is 1.08 bits per heavy atom. The van der Waals surface area contributed by atoms with Crippen LogP contribution in [0.15, 0.2) is 328 Å². The van der Waals surface area contributed by atoms with Crippen molar-refractivity contribution in [2.24, 2.45) is 0 Å². The number of aromatic nitrogens is 4. The number of hydrogen-bond donors (Lipinski definition) is 0. The van der Waals surface area contributed by atoms with Crippen molar-refractivity contribution in [1.29, 1.82) is 10.5 Å². The largest absolute Gasteiger partial charge is 0.306 e. The predicted octanol–water partition coefficient (Wildman–Crippen LogP) is 27.0. The molecule has 8 heteroatoms. The molecule has 0 radical (unpaired) electrons. The molecule has 0 atom stereocenters. The van der Waals surface area contributed by atoms with Crippen molar-refractivity contribution in [1.82, 2.24) is 18.3 Å². The van der Waals surface area contributed by atoms with E-state index in [4.69, 9.17) is 0 Å². The van der Waals surface area contributed by atoms with E-state index in [1.165, 1.54) is 26.9 Å². The first-order chi connectivity index (χ1) is 52.6. The maximum Gasteiger partial charge on any atom is 0.104 e. The fraction of sp³-hybridized carbons (Fsp3) is 0. The van der Waals surface area contributed by atoms with Gasteiger partial charge in [0.1, 0.15) is 23.3 Å². The van der Waals surface area contributed by atoms with Crippen LogP contribution >= 0.6 is 22.7 Å². The number of nitriles is 2. The van der Waals surface area contributed by atoms with Crippen LogP contribution in [0.4, 0.5) is 0 Å². The summed E-state index contributed by atoms with van der Waals surface area (Å²) >= 11 is 3.56. The molecule has 17 aromatic carbocycles. The number of para-hydroxylation sites is 4. The van der Waals surface area contributed by atoms with Gasteiger partial charge >= 0.3 is 0 Å². The summed E-state index contributed by atoms with van der Waals surface area (Å²) in [6, 6.07) is 125. The van der Waals surface area contributed by atoms with Gasteiger partial charge in [0.15, 0.2) is 0 Å². The van der Waals surface area contributed by atoms with Gasteiger partial charge in [-0.3, -0.25) is 0 Å². The minimum absolute atomic E-state index is 0.394. The van der Waals surface area contributed by atoms with Crippen LogP contribution in [0.2, 0.25) is 0 Å². The Bertz CT molecular complexity index is 7830. The second-order valence-corrected chi connectivity index (χ2v) is 30.0. The lowest BCUT2D eigenvalue weighted by atomic mass is 9.91. The molecule has 0 fully saturated rings. The molecule has 6 aromatic heterocycles. The van der Waals surface area contributed by atoms with Crippen LogP contribution < -0.4 is 0 Å². The number of fused-ring (bicyclic) bond motifs is 24. The standard InChI is InChI=1S/C98H54N6S2/c99-55-80-92(102-84-39-15-9-31-70(84)71-32-10-16-40-85(71)102)94(104-87-54-61(65-35-20-24-59-44-43-58-22-2-4-27-64(58)90(59)65)46-48-73(87)77-50-52-79-75-34-12-18-42-89(75)106-98(79)96(77)104)81(56-100)91(101-82-37-13-7-29-68(82)69-30-8-14-38-83(69)101)93(80)103-86-53-60(63-26-5-6-28-66(63)67-36-19-23-57-21-1-3-25-62(57)67)45-47-72(86)76-49-51-78-74-33-11-17-41-88(74)105-97(78)95(76)103/h1-54H. The molecule has 0 bridgehead atoms. The summed E-state index contributed by atoms with van der Waals surface area (Å²) < 4.78 is 14.0. The Hall–Kier alpha value is -13.9. The van der Waals surface area contributed by atoms with Gasteiger partial charge in [-0.1, -0.05) is 279 Å². The van der Waals surface area contributed by atoms with E-state index < -0.39 is 0 Å². The SMILES string of the molecule is N#Cc1c(-n2c3ccccc3c3ccccc32)c(-n2c3cc(-c4cccc5ccc6ccccc6c45)ccc3c3ccc4c5ccccc5sc4c32)c(C#N)c(-n2c3ccccc3c3ccccc32)c1-n1c2cc(-c3ccccc3-c3cccc4ccccc34)ccc2c2ccc3c4ccccc4sc3c21. The summed E-state index contributed by atoms with van der Waals surface area (Å²) in [6.07, 6.45) is 0. The van der Waals surface area contributed by atoms with Crippen molar-refractivity contribution >= 4 is 183 Å². The molecule has 6 nitrogen and oxygen atoms in total. The van der Waals surface area contributed by atoms with E-state index in [0.29, 0.717) is 33.9 Å². The molecule has 23 aromatic rings. The minimum atomic E-state index is 0.394. The molecular formula is C98H54N6S2. The van der Waals surface area contributed by atoms with Gasteiger partial charge in [-0.15, -0.1) is 22.7 Å². The Labute approximate surface area is 614 Å². The zero-order chi connectivity index (χ0) is 69.6. The highest BCUT2D eigenvalue weighted by atomic mass is 32.1. The summed E-state index contributed by atoms with van der Waals surface area (Å²) in [6.45, 7) is 0. The van der Waals surface area contributed by atoms with E-state index in [1.807, 2.05) is 0 Å². The van der Waals surface area contributed by atoms with E-state index in [-0.39, 0.29) is 0 Å². The van der Waals surface area contributed by atoms with Crippen molar-refractivity contribution in [3.63, 3.8) is 0 Å². The summed E-state index contributed by atoms with van der Waals surface area (Å²) in [4.78, 5) is 0. The Balaban J connectivity index is 0.976. The molecule has 0 amide bonds. The number of nitrogens with zero attached hydrogens (tertiary/aromatic N) is 6. The Morgan fingerprint density at radius 2 is 0.566 bits per heavy atom. The molecule has 0 spiro atoms. The average molecular weight is 1380 g/mol. The highest BCUT2D eigenvalue weighted by Crippen LogP contribution is 2.54. The van der Waals surface area contributed by atoms with Gasteiger partial charge in [0.05, 0.1) is 76.3 Å². The van der Waals surface area contributed by atoms with Gasteiger partial charge in [0.25, 0.3) is 0 Å². The van der Waals surface area contributed by atoms with Crippen molar-refractivity contribution in [2.45, 2.75) is 0 Å². The minimum Gasteiger partial charge on any atom is -0.306 e. The Kier molecular flexibility index (Phi) is 12.4. The molecule has 106 heavy (non-hydrogen) atoms. The number of rotatable bonds is 7. The Morgan fingerprint density at radius 1 is 0.226 bits per heavy atom. The van der Waals surface area contributed by atoms with Crippen molar-refractivity contribution in [2.75, 3.05) is 0 Å².